The molecule has 0 saturated carbocycles. The molecule has 4 aromatic rings. The standard InChI is InChI=1S/C25H20N2O3/c1-17-8-7-11-19(14-17)26-24(28)16-30-25(29)21-15-23(18-9-3-2-4-10-18)27-22-13-6-5-12-20(21)22/h2-15H,16H2,1H3,(H,26,28). The number of fused-ring (bicyclic) bond motifs is 1. The molecule has 0 aliphatic heterocycles. The fourth-order valence-electron chi connectivity index (χ4n) is 3.23. The van der Waals surface area contributed by atoms with Gasteiger partial charge in [-0.05, 0) is 36.8 Å². The summed E-state index contributed by atoms with van der Waals surface area (Å²) in [7, 11) is 0. The van der Waals surface area contributed by atoms with Crippen LogP contribution in [0.4, 0.5) is 5.69 Å². The third kappa shape index (κ3) is 4.36. The number of rotatable bonds is 5. The van der Waals surface area contributed by atoms with Gasteiger partial charge in [0, 0.05) is 16.6 Å². The van der Waals surface area contributed by atoms with Crippen LogP contribution in [0.2, 0.25) is 0 Å². The maximum atomic E-state index is 12.8. The number of hydrogen-bond acceptors (Lipinski definition) is 4. The van der Waals surface area contributed by atoms with E-state index in [0.717, 1.165) is 11.1 Å². The summed E-state index contributed by atoms with van der Waals surface area (Å²) in [4.78, 5) is 29.7. The number of para-hydroxylation sites is 1. The Balaban J connectivity index is 1.56. The topological polar surface area (TPSA) is 68.3 Å². The molecule has 1 aromatic heterocycles. The number of aromatic nitrogens is 1. The number of ether oxygens (including phenoxy) is 1. The van der Waals surface area contributed by atoms with Gasteiger partial charge in [-0.1, -0.05) is 60.7 Å². The molecule has 0 aliphatic carbocycles. The summed E-state index contributed by atoms with van der Waals surface area (Å²) in [6.07, 6.45) is 0. The van der Waals surface area contributed by atoms with E-state index < -0.39 is 11.9 Å². The fourth-order valence-corrected chi connectivity index (χ4v) is 3.23. The maximum absolute atomic E-state index is 12.8. The smallest absolute Gasteiger partial charge is 0.339 e. The molecule has 1 N–H and O–H groups in total. The van der Waals surface area contributed by atoms with Gasteiger partial charge in [-0.25, -0.2) is 9.78 Å². The Hall–Kier alpha value is -3.99. The van der Waals surface area contributed by atoms with Crippen LogP contribution in [0.25, 0.3) is 22.2 Å². The average Bonchev–Trinajstić information content (AvgIpc) is 2.77. The zero-order chi connectivity index (χ0) is 20.9. The molecule has 148 valence electrons. The van der Waals surface area contributed by atoms with Crippen molar-refractivity contribution in [1.29, 1.82) is 0 Å². The molecule has 0 radical (unpaired) electrons. The number of esters is 1. The van der Waals surface area contributed by atoms with Crippen molar-refractivity contribution < 1.29 is 14.3 Å². The van der Waals surface area contributed by atoms with Crippen LogP contribution in [0, 0.1) is 6.92 Å². The van der Waals surface area contributed by atoms with Gasteiger partial charge in [0.15, 0.2) is 6.61 Å². The van der Waals surface area contributed by atoms with Gasteiger partial charge in [0.25, 0.3) is 5.91 Å². The molecule has 5 nitrogen and oxygen atoms in total. The van der Waals surface area contributed by atoms with E-state index in [-0.39, 0.29) is 6.61 Å². The lowest BCUT2D eigenvalue weighted by atomic mass is 10.0. The molecule has 4 rings (SSSR count). The molecule has 1 amide bonds. The third-order valence-electron chi connectivity index (χ3n) is 4.64. The molecule has 1 heterocycles. The van der Waals surface area contributed by atoms with E-state index in [2.05, 4.69) is 10.3 Å². The van der Waals surface area contributed by atoms with E-state index in [0.29, 0.717) is 27.8 Å². The normalized spacial score (nSPS) is 10.6. The van der Waals surface area contributed by atoms with Crippen molar-refractivity contribution in [2.45, 2.75) is 6.92 Å². The lowest BCUT2D eigenvalue weighted by Crippen LogP contribution is -2.21. The molecule has 0 spiro atoms. The van der Waals surface area contributed by atoms with Crippen LogP contribution in [0.3, 0.4) is 0 Å². The van der Waals surface area contributed by atoms with E-state index in [1.165, 1.54) is 0 Å². The second-order valence-corrected chi connectivity index (χ2v) is 6.93. The molecule has 0 unspecified atom stereocenters. The minimum atomic E-state index is -0.565. The number of benzene rings is 3. The lowest BCUT2D eigenvalue weighted by molar-refractivity contribution is -0.119. The van der Waals surface area contributed by atoms with Crippen molar-refractivity contribution in [3.05, 3.63) is 96.1 Å². The largest absolute Gasteiger partial charge is 0.452 e. The lowest BCUT2D eigenvalue weighted by Gasteiger charge is -2.10. The van der Waals surface area contributed by atoms with Gasteiger partial charge in [0.2, 0.25) is 0 Å². The number of hydrogen-bond donors (Lipinski definition) is 1. The van der Waals surface area contributed by atoms with E-state index in [4.69, 9.17) is 4.74 Å². The molecule has 0 fully saturated rings. The van der Waals surface area contributed by atoms with Crippen LogP contribution in [0.5, 0.6) is 0 Å². The summed E-state index contributed by atoms with van der Waals surface area (Å²) >= 11 is 0. The highest BCUT2D eigenvalue weighted by molar-refractivity contribution is 6.05. The van der Waals surface area contributed by atoms with Gasteiger partial charge in [-0.3, -0.25) is 4.79 Å². The van der Waals surface area contributed by atoms with Gasteiger partial charge < -0.3 is 10.1 Å². The van der Waals surface area contributed by atoms with Crippen LogP contribution in [0.15, 0.2) is 84.9 Å². The Bertz CT molecular complexity index is 1220. The summed E-state index contributed by atoms with van der Waals surface area (Å²) in [6.45, 7) is 1.57. The Morgan fingerprint density at radius 2 is 1.67 bits per heavy atom. The van der Waals surface area contributed by atoms with Crippen LogP contribution in [-0.4, -0.2) is 23.5 Å². The number of anilines is 1. The minimum Gasteiger partial charge on any atom is -0.452 e. The number of carbonyl (C=O) groups excluding carboxylic acids is 2. The quantitative estimate of drug-likeness (QED) is 0.482. The minimum absolute atomic E-state index is 0.371. The Kier molecular flexibility index (Phi) is 5.52. The molecule has 0 saturated heterocycles. The predicted molar refractivity (Wildman–Crippen MR) is 117 cm³/mol. The Morgan fingerprint density at radius 3 is 2.47 bits per heavy atom. The number of pyridine rings is 1. The summed E-state index contributed by atoms with van der Waals surface area (Å²) in [5.41, 5.74) is 4.33. The Labute approximate surface area is 174 Å². The molecule has 3 aromatic carbocycles. The van der Waals surface area contributed by atoms with Crippen LogP contribution < -0.4 is 5.32 Å². The predicted octanol–water partition coefficient (Wildman–Crippen LogP) is 5.01. The highest BCUT2D eigenvalue weighted by Crippen LogP contribution is 2.25. The molecular formula is C25H20N2O3. The monoisotopic (exact) mass is 396 g/mol. The van der Waals surface area contributed by atoms with Crippen molar-refractivity contribution in [2.75, 3.05) is 11.9 Å². The zero-order valence-corrected chi connectivity index (χ0v) is 16.5. The average molecular weight is 396 g/mol. The zero-order valence-electron chi connectivity index (χ0n) is 16.5. The fraction of sp³-hybridized carbons (Fsp3) is 0.0800. The van der Waals surface area contributed by atoms with Crippen molar-refractivity contribution in [2.24, 2.45) is 0 Å². The van der Waals surface area contributed by atoms with Crippen LogP contribution in [0.1, 0.15) is 15.9 Å². The van der Waals surface area contributed by atoms with Gasteiger partial charge >= 0.3 is 5.97 Å². The number of nitrogens with zero attached hydrogens (tertiary/aromatic N) is 1. The number of amides is 1. The van der Waals surface area contributed by atoms with E-state index >= 15 is 0 Å². The van der Waals surface area contributed by atoms with E-state index in [1.807, 2.05) is 79.7 Å². The summed E-state index contributed by atoms with van der Waals surface area (Å²) in [6, 6.07) is 26.1. The van der Waals surface area contributed by atoms with Gasteiger partial charge in [0.05, 0.1) is 16.8 Å². The number of aryl methyl sites for hydroxylation is 1. The van der Waals surface area contributed by atoms with Crippen molar-refractivity contribution in [1.82, 2.24) is 4.98 Å². The first-order valence-electron chi connectivity index (χ1n) is 9.59. The van der Waals surface area contributed by atoms with Crippen LogP contribution in [-0.2, 0) is 9.53 Å². The number of carbonyl (C=O) groups is 2. The second kappa shape index (κ2) is 8.57. The first-order valence-corrected chi connectivity index (χ1v) is 9.59. The maximum Gasteiger partial charge on any atom is 0.339 e. The van der Waals surface area contributed by atoms with Gasteiger partial charge in [0.1, 0.15) is 0 Å². The van der Waals surface area contributed by atoms with Gasteiger partial charge in [-0.2, -0.15) is 0 Å². The van der Waals surface area contributed by atoms with E-state index in [1.54, 1.807) is 12.1 Å². The SMILES string of the molecule is Cc1cccc(NC(=O)COC(=O)c2cc(-c3ccccc3)nc3ccccc23)c1. The van der Waals surface area contributed by atoms with Crippen molar-refractivity contribution in [3.8, 4) is 11.3 Å². The van der Waals surface area contributed by atoms with E-state index in [9.17, 15) is 9.59 Å². The van der Waals surface area contributed by atoms with Gasteiger partial charge in [-0.15, -0.1) is 0 Å². The highest BCUT2D eigenvalue weighted by atomic mass is 16.5. The summed E-state index contributed by atoms with van der Waals surface area (Å²) < 4.78 is 5.31. The molecule has 30 heavy (non-hydrogen) atoms. The molecular weight excluding hydrogens is 376 g/mol. The third-order valence-corrected chi connectivity index (χ3v) is 4.64. The summed E-state index contributed by atoms with van der Waals surface area (Å²) in [5.74, 6) is -0.958. The first-order chi connectivity index (χ1) is 14.6. The highest BCUT2D eigenvalue weighted by Gasteiger charge is 2.16. The molecule has 0 atom stereocenters. The second-order valence-electron chi connectivity index (χ2n) is 6.93. The molecule has 5 heteroatoms. The van der Waals surface area contributed by atoms with Crippen molar-refractivity contribution >= 4 is 28.5 Å². The molecule has 0 aliphatic rings. The van der Waals surface area contributed by atoms with Crippen LogP contribution >= 0.6 is 0 Å². The first kappa shape index (κ1) is 19.3. The summed E-state index contributed by atoms with van der Waals surface area (Å²) in [5, 5.41) is 3.42. The number of nitrogens with one attached hydrogen (secondary N) is 1. The van der Waals surface area contributed by atoms with Crippen molar-refractivity contribution in [3.63, 3.8) is 0 Å². The molecule has 0 bridgehead atoms. The Morgan fingerprint density at radius 1 is 0.900 bits per heavy atom.